The quantitative estimate of drug-likeness (QED) is 0.158. The first-order valence-corrected chi connectivity index (χ1v) is 25.2. The summed E-state index contributed by atoms with van der Waals surface area (Å²) in [4.78, 5) is 19.0. The SMILES string of the molecule is c1ccc(-c2nc(-c3cccc(-c4cccc(-c5cccc(C6(c7ccccc7)c7ccccc7-c7ccccc76)c5)c4)c3)nc3c2oc2ccccc23)cc1.c1ccc(-c2ncnc3c2oc2ccccc23)cc1. The molecule has 0 amide bonds. The zero-order valence-corrected chi connectivity index (χ0v) is 40.5. The summed E-state index contributed by atoms with van der Waals surface area (Å²) < 4.78 is 12.3. The molecule has 6 nitrogen and oxygen atoms in total. The van der Waals surface area contributed by atoms with Gasteiger partial charge in [0.05, 0.1) is 5.41 Å². The molecule has 0 spiro atoms. The largest absolute Gasteiger partial charge is 0.452 e. The van der Waals surface area contributed by atoms with Crippen LogP contribution in [0.25, 0.3) is 111 Å². The van der Waals surface area contributed by atoms with Crippen LogP contribution in [0.5, 0.6) is 0 Å². The molecule has 0 fully saturated rings. The summed E-state index contributed by atoms with van der Waals surface area (Å²) in [5, 5.41) is 2.00. The standard InChI is InChI=1S/C53H34N2O.C16H10N2O/c1-3-16-35(17-4-1)49-51-50(45-28-9-12-31-48(45)56-51)55-52(54-49)40-22-14-20-38(33-40)36-18-13-19-37(32-36)39-21-15-25-42(34-39)53(41-23-5-2-6-24-41)46-29-10-7-26-43(46)44-27-8-11-30-47(44)53;1-2-6-11(7-3-1)14-16-15(18-10-17-14)12-8-4-5-9-13(12)19-16/h1-34H;1-10H. The van der Waals surface area contributed by atoms with E-state index in [1.54, 1.807) is 6.33 Å². The second-order valence-corrected chi connectivity index (χ2v) is 18.9. The molecule has 1 aliphatic carbocycles. The molecule has 4 aromatic heterocycles. The van der Waals surface area contributed by atoms with Crippen LogP contribution in [0.4, 0.5) is 0 Å². The third-order valence-electron chi connectivity index (χ3n) is 14.6. The van der Waals surface area contributed by atoms with Crippen molar-refractivity contribution in [1.29, 1.82) is 0 Å². The summed E-state index contributed by atoms with van der Waals surface area (Å²) in [6.07, 6.45) is 1.59. The molecule has 4 heterocycles. The van der Waals surface area contributed by atoms with Gasteiger partial charge in [0.2, 0.25) is 0 Å². The van der Waals surface area contributed by atoms with Gasteiger partial charge >= 0.3 is 0 Å². The van der Waals surface area contributed by atoms with Crippen molar-refractivity contribution in [3.63, 3.8) is 0 Å². The van der Waals surface area contributed by atoms with Gasteiger partial charge < -0.3 is 8.83 Å². The molecule has 14 aromatic rings. The molecule has 352 valence electrons. The van der Waals surface area contributed by atoms with Crippen LogP contribution in [0.3, 0.4) is 0 Å². The van der Waals surface area contributed by atoms with Gasteiger partial charge in [-0.1, -0.05) is 218 Å². The van der Waals surface area contributed by atoms with Gasteiger partial charge in [0, 0.05) is 27.5 Å². The van der Waals surface area contributed by atoms with E-state index in [-0.39, 0.29) is 0 Å². The summed E-state index contributed by atoms with van der Waals surface area (Å²) in [6.45, 7) is 0. The Balaban J connectivity index is 0.000000227. The van der Waals surface area contributed by atoms with Crippen molar-refractivity contribution >= 4 is 44.1 Å². The van der Waals surface area contributed by atoms with Crippen LogP contribution in [0, 0.1) is 0 Å². The number of aromatic nitrogens is 4. The number of nitrogens with zero attached hydrogens (tertiary/aromatic N) is 4. The van der Waals surface area contributed by atoms with Crippen molar-refractivity contribution in [2.75, 3.05) is 0 Å². The summed E-state index contributed by atoms with van der Waals surface area (Å²) in [5.41, 5.74) is 21.2. The Morgan fingerprint density at radius 1 is 0.307 bits per heavy atom. The fourth-order valence-electron chi connectivity index (χ4n) is 11.2. The van der Waals surface area contributed by atoms with Gasteiger partial charge in [-0.15, -0.1) is 0 Å². The minimum absolute atomic E-state index is 0.448. The molecular formula is C69H44N4O2. The van der Waals surface area contributed by atoms with Gasteiger partial charge in [-0.3, -0.25) is 0 Å². The van der Waals surface area contributed by atoms with E-state index in [9.17, 15) is 0 Å². The van der Waals surface area contributed by atoms with Crippen LogP contribution in [0.15, 0.2) is 276 Å². The third-order valence-corrected chi connectivity index (χ3v) is 14.6. The average molecular weight is 961 g/mol. The first-order chi connectivity index (χ1) is 37.2. The van der Waals surface area contributed by atoms with E-state index >= 15 is 0 Å². The molecule has 0 atom stereocenters. The number of para-hydroxylation sites is 2. The molecule has 0 radical (unpaired) electrons. The lowest BCUT2D eigenvalue weighted by Crippen LogP contribution is -2.28. The second kappa shape index (κ2) is 18.2. The van der Waals surface area contributed by atoms with Gasteiger partial charge in [0.25, 0.3) is 0 Å². The first-order valence-electron chi connectivity index (χ1n) is 25.2. The van der Waals surface area contributed by atoms with E-state index in [0.717, 1.165) is 83.3 Å². The summed E-state index contributed by atoms with van der Waals surface area (Å²) >= 11 is 0. The molecule has 75 heavy (non-hydrogen) atoms. The van der Waals surface area contributed by atoms with E-state index < -0.39 is 5.41 Å². The zero-order chi connectivity index (χ0) is 49.7. The second-order valence-electron chi connectivity index (χ2n) is 18.9. The van der Waals surface area contributed by atoms with Crippen molar-refractivity contribution < 1.29 is 8.83 Å². The Labute approximate surface area is 433 Å². The topological polar surface area (TPSA) is 77.8 Å². The Morgan fingerprint density at radius 3 is 1.37 bits per heavy atom. The molecular weight excluding hydrogens is 917 g/mol. The van der Waals surface area contributed by atoms with Crippen LogP contribution >= 0.6 is 0 Å². The summed E-state index contributed by atoms with van der Waals surface area (Å²) in [5.74, 6) is 0.664. The summed E-state index contributed by atoms with van der Waals surface area (Å²) in [6, 6.07) is 91.5. The normalized spacial score (nSPS) is 12.4. The molecule has 0 aliphatic heterocycles. The molecule has 15 rings (SSSR count). The molecule has 10 aromatic carbocycles. The zero-order valence-electron chi connectivity index (χ0n) is 40.5. The number of furan rings is 2. The van der Waals surface area contributed by atoms with Gasteiger partial charge in [-0.2, -0.15) is 0 Å². The third kappa shape index (κ3) is 7.42. The minimum Gasteiger partial charge on any atom is -0.452 e. The molecule has 0 N–H and O–H groups in total. The van der Waals surface area contributed by atoms with E-state index in [1.165, 1.54) is 38.9 Å². The lowest BCUT2D eigenvalue weighted by Gasteiger charge is -2.34. The van der Waals surface area contributed by atoms with Gasteiger partial charge in [0.15, 0.2) is 17.0 Å². The Bertz CT molecular complexity index is 4380. The Morgan fingerprint density at radius 2 is 0.747 bits per heavy atom. The van der Waals surface area contributed by atoms with E-state index in [2.05, 4.69) is 180 Å². The van der Waals surface area contributed by atoms with Crippen LogP contribution in [-0.2, 0) is 5.41 Å². The van der Waals surface area contributed by atoms with E-state index in [4.69, 9.17) is 18.8 Å². The number of hydrogen-bond acceptors (Lipinski definition) is 6. The highest BCUT2D eigenvalue weighted by atomic mass is 16.3. The van der Waals surface area contributed by atoms with Gasteiger partial charge in [0.1, 0.15) is 39.9 Å². The lowest BCUT2D eigenvalue weighted by atomic mass is 9.67. The van der Waals surface area contributed by atoms with Crippen molar-refractivity contribution in [2.24, 2.45) is 0 Å². The minimum atomic E-state index is -0.448. The molecule has 1 aliphatic rings. The molecule has 0 saturated heterocycles. The maximum absolute atomic E-state index is 6.36. The van der Waals surface area contributed by atoms with Crippen LogP contribution in [0.1, 0.15) is 22.3 Å². The predicted octanol–water partition coefficient (Wildman–Crippen LogP) is 17.5. The summed E-state index contributed by atoms with van der Waals surface area (Å²) in [7, 11) is 0. The van der Waals surface area contributed by atoms with Crippen LogP contribution in [-0.4, -0.2) is 19.9 Å². The number of fused-ring (bicyclic) bond motifs is 9. The maximum atomic E-state index is 6.36. The van der Waals surface area contributed by atoms with Crippen molar-refractivity contribution in [1.82, 2.24) is 19.9 Å². The Kier molecular flexibility index (Phi) is 10.6. The smallest absolute Gasteiger partial charge is 0.180 e. The predicted molar refractivity (Wildman–Crippen MR) is 303 cm³/mol. The number of benzene rings is 10. The van der Waals surface area contributed by atoms with Gasteiger partial charge in [-0.05, 0) is 98.1 Å². The average Bonchev–Trinajstić information content (AvgIpc) is 4.22. The van der Waals surface area contributed by atoms with Gasteiger partial charge in [-0.25, -0.2) is 19.9 Å². The monoisotopic (exact) mass is 960 g/mol. The van der Waals surface area contributed by atoms with Crippen LogP contribution < -0.4 is 0 Å². The highest BCUT2D eigenvalue weighted by Crippen LogP contribution is 2.56. The highest BCUT2D eigenvalue weighted by Gasteiger charge is 2.45. The van der Waals surface area contributed by atoms with Crippen molar-refractivity contribution in [2.45, 2.75) is 5.41 Å². The van der Waals surface area contributed by atoms with E-state index in [0.29, 0.717) is 11.4 Å². The molecule has 6 heteroatoms. The van der Waals surface area contributed by atoms with Crippen molar-refractivity contribution in [3.8, 4) is 67.3 Å². The highest BCUT2D eigenvalue weighted by molar-refractivity contribution is 6.08. The van der Waals surface area contributed by atoms with E-state index in [1.807, 2.05) is 91.0 Å². The van der Waals surface area contributed by atoms with Crippen LogP contribution in [0.2, 0.25) is 0 Å². The Hall–Kier alpha value is -10.0. The number of hydrogen-bond donors (Lipinski definition) is 0. The van der Waals surface area contributed by atoms with Crippen molar-refractivity contribution in [3.05, 3.63) is 289 Å². The maximum Gasteiger partial charge on any atom is 0.180 e. The molecule has 0 bridgehead atoms. The fourth-order valence-corrected chi connectivity index (χ4v) is 11.2. The fraction of sp³-hybridized carbons (Fsp3) is 0.0145. The molecule has 0 unspecified atom stereocenters. The molecule has 0 saturated carbocycles. The lowest BCUT2D eigenvalue weighted by molar-refractivity contribution is 0.667. The number of rotatable bonds is 7. The first kappa shape index (κ1) is 43.7.